The van der Waals surface area contributed by atoms with Crippen LogP contribution < -0.4 is 0 Å². The minimum Gasteiger partial charge on any atom is -0.507 e. The van der Waals surface area contributed by atoms with Crippen LogP contribution in [0.25, 0.3) is 0 Å². The van der Waals surface area contributed by atoms with E-state index in [1.807, 2.05) is 17.0 Å². The molecule has 0 radical (unpaired) electrons. The van der Waals surface area contributed by atoms with Gasteiger partial charge in [-0.1, -0.05) is 52.0 Å². The lowest BCUT2D eigenvalue weighted by atomic mass is 9.99. The molecule has 1 N–H and O–H groups in total. The van der Waals surface area contributed by atoms with E-state index in [2.05, 4.69) is 45.9 Å². The molecule has 0 spiro atoms. The molecule has 1 heterocycles. The van der Waals surface area contributed by atoms with Crippen molar-refractivity contribution in [2.24, 2.45) is 5.92 Å². The Hall–Kier alpha value is -2.29. The zero-order chi connectivity index (χ0) is 18.1. The number of aromatic hydroxyl groups is 1. The molecule has 0 aliphatic carbocycles. The molecule has 1 aliphatic heterocycles. The van der Waals surface area contributed by atoms with Gasteiger partial charge in [0.2, 0.25) is 0 Å². The Kier molecular flexibility index (Phi) is 4.85. The van der Waals surface area contributed by atoms with E-state index >= 15 is 0 Å². The first-order valence-electron chi connectivity index (χ1n) is 9.08. The molecule has 0 bridgehead atoms. The number of rotatable bonds is 4. The molecule has 0 saturated heterocycles. The van der Waals surface area contributed by atoms with Gasteiger partial charge >= 0.3 is 0 Å². The number of phenols is 1. The number of carbonyl (C=O) groups is 1. The number of amides is 1. The average molecular weight is 337 g/mol. The van der Waals surface area contributed by atoms with Gasteiger partial charge in [-0.3, -0.25) is 4.79 Å². The van der Waals surface area contributed by atoms with Gasteiger partial charge in [0.25, 0.3) is 5.91 Å². The number of hydrogen-bond acceptors (Lipinski definition) is 2. The van der Waals surface area contributed by atoms with Gasteiger partial charge in [-0.25, -0.2) is 0 Å². The molecule has 3 heteroatoms. The van der Waals surface area contributed by atoms with Crippen LogP contribution in [0.3, 0.4) is 0 Å². The van der Waals surface area contributed by atoms with E-state index in [0.29, 0.717) is 30.5 Å². The van der Waals surface area contributed by atoms with Crippen LogP contribution in [0, 0.1) is 5.92 Å². The molecular weight excluding hydrogens is 310 g/mol. The highest BCUT2D eigenvalue weighted by molar-refractivity contribution is 5.97. The Morgan fingerprint density at radius 2 is 1.76 bits per heavy atom. The first-order valence-corrected chi connectivity index (χ1v) is 9.08. The topological polar surface area (TPSA) is 40.5 Å². The Bertz CT molecular complexity index is 793. The number of nitrogens with zero attached hydrogens (tertiary/aromatic N) is 1. The van der Waals surface area contributed by atoms with E-state index in [1.165, 1.54) is 16.7 Å². The van der Waals surface area contributed by atoms with Crippen molar-refractivity contribution in [2.45, 2.75) is 53.1 Å². The van der Waals surface area contributed by atoms with E-state index in [1.54, 1.807) is 6.07 Å². The van der Waals surface area contributed by atoms with Crippen LogP contribution in [-0.2, 0) is 19.5 Å². The van der Waals surface area contributed by atoms with Crippen LogP contribution in [0.1, 0.15) is 66.2 Å². The van der Waals surface area contributed by atoms with Crippen molar-refractivity contribution in [1.82, 2.24) is 4.90 Å². The SMILES string of the molecule is CC(C)Cc1ccc2c(c1)CN(C(=O)c1cc(C(C)C)ccc1O)C2. The third-order valence-corrected chi connectivity index (χ3v) is 4.84. The number of hydrogen-bond donors (Lipinski definition) is 1. The fourth-order valence-corrected chi connectivity index (χ4v) is 3.44. The van der Waals surface area contributed by atoms with Crippen molar-refractivity contribution < 1.29 is 9.90 Å². The van der Waals surface area contributed by atoms with Crippen LogP contribution in [-0.4, -0.2) is 15.9 Å². The third-order valence-electron chi connectivity index (χ3n) is 4.84. The minimum absolute atomic E-state index is 0.0610. The fourth-order valence-electron chi connectivity index (χ4n) is 3.44. The molecule has 2 aromatic rings. The smallest absolute Gasteiger partial charge is 0.258 e. The Labute approximate surface area is 150 Å². The zero-order valence-electron chi connectivity index (χ0n) is 15.5. The van der Waals surface area contributed by atoms with Gasteiger partial charge in [-0.05, 0) is 52.6 Å². The van der Waals surface area contributed by atoms with Crippen molar-refractivity contribution >= 4 is 5.91 Å². The Balaban J connectivity index is 1.82. The van der Waals surface area contributed by atoms with Crippen LogP contribution >= 0.6 is 0 Å². The first-order chi connectivity index (χ1) is 11.8. The lowest BCUT2D eigenvalue weighted by Gasteiger charge is -2.17. The summed E-state index contributed by atoms with van der Waals surface area (Å²) >= 11 is 0. The van der Waals surface area contributed by atoms with Crippen molar-refractivity contribution in [2.75, 3.05) is 0 Å². The molecule has 2 aromatic carbocycles. The van der Waals surface area contributed by atoms with Gasteiger partial charge in [-0.15, -0.1) is 0 Å². The van der Waals surface area contributed by atoms with E-state index < -0.39 is 0 Å². The summed E-state index contributed by atoms with van der Waals surface area (Å²) in [6, 6.07) is 11.9. The van der Waals surface area contributed by atoms with Crippen LogP contribution in [0.5, 0.6) is 5.75 Å². The molecule has 132 valence electrons. The van der Waals surface area contributed by atoms with Crippen molar-refractivity contribution in [1.29, 1.82) is 0 Å². The van der Waals surface area contributed by atoms with Crippen molar-refractivity contribution in [3.05, 3.63) is 64.2 Å². The molecule has 0 fully saturated rings. The largest absolute Gasteiger partial charge is 0.507 e. The predicted molar refractivity (Wildman–Crippen MR) is 101 cm³/mol. The van der Waals surface area contributed by atoms with Gasteiger partial charge in [0.05, 0.1) is 5.56 Å². The minimum atomic E-state index is -0.0957. The zero-order valence-corrected chi connectivity index (χ0v) is 15.5. The van der Waals surface area contributed by atoms with Crippen molar-refractivity contribution in [3.63, 3.8) is 0 Å². The Morgan fingerprint density at radius 3 is 2.44 bits per heavy atom. The highest BCUT2D eigenvalue weighted by Gasteiger charge is 2.26. The second-order valence-electron chi connectivity index (χ2n) is 7.79. The van der Waals surface area contributed by atoms with Crippen LogP contribution in [0.2, 0.25) is 0 Å². The van der Waals surface area contributed by atoms with Crippen LogP contribution in [0.15, 0.2) is 36.4 Å². The number of fused-ring (bicyclic) bond motifs is 1. The molecular formula is C22H27NO2. The fraction of sp³-hybridized carbons (Fsp3) is 0.409. The summed E-state index contributed by atoms with van der Waals surface area (Å²) in [5.74, 6) is 0.905. The summed E-state index contributed by atoms with van der Waals surface area (Å²) in [7, 11) is 0. The summed E-state index contributed by atoms with van der Waals surface area (Å²) in [6.45, 7) is 9.83. The molecule has 0 aromatic heterocycles. The van der Waals surface area contributed by atoms with E-state index in [9.17, 15) is 9.90 Å². The van der Waals surface area contributed by atoms with E-state index in [0.717, 1.165) is 12.0 Å². The summed E-state index contributed by atoms with van der Waals surface area (Å²) in [5, 5.41) is 10.2. The maximum atomic E-state index is 12.9. The number of carbonyl (C=O) groups excluding carboxylic acids is 1. The molecule has 0 unspecified atom stereocenters. The van der Waals surface area contributed by atoms with Gasteiger partial charge < -0.3 is 10.0 Å². The van der Waals surface area contributed by atoms with E-state index in [-0.39, 0.29) is 11.7 Å². The second kappa shape index (κ2) is 6.91. The molecule has 3 rings (SSSR count). The molecule has 1 aliphatic rings. The lowest BCUT2D eigenvalue weighted by Crippen LogP contribution is -2.25. The maximum absolute atomic E-state index is 12.9. The maximum Gasteiger partial charge on any atom is 0.258 e. The molecule has 0 saturated carbocycles. The van der Waals surface area contributed by atoms with E-state index in [4.69, 9.17) is 0 Å². The molecule has 25 heavy (non-hydrogen) atoms. The summed E-state index contributed by atoms with van der Waals surface area (Å²) in [5.41, 5.74) is 5.23. The van der Waals surface area contributed by atoms with Gasteiger partial charge in [0.1, 0.15) is 5.75 Å². The monoisotopic (exact) mass is 337 g/mol. The molecule has 0 atom stereocenters. The predicted octanol–water partition coefficient (Wildman–Crippen LogP) is 4.87. The van der Waals surface area contributed by atoms with Gasteiger partial charge in [0, 0.05) is 13.1 Å². The first kappa shape index (κ1) is 17.5. The van der Waals surface area contributed by atoms with Gasteiger partial charge in [-0.2, -0.15) is 0 Å². The standard InChI is InChI=1S/C22H27NO2/c1-14(2)9-16-5-6-18-12-23(13-19(18)10-16)22(25)20-11-17(15(3)4)7-8-21(20)24/h5-8,10-11,14-15,24H,9,12-13H2,1-4H3. The quantitative estimate of drug-likeness (QED) is 0.864. The number of benzene rings is 2. The molecule has 3 nitrogen and oxygen atoms in total. The highest BCUT2D eigenvalue weighted by atomic mass is 16.3. The summed E-state index contributed by atoms with van der Waals surface area (Å²) < 4.78 is 0. The van der Waals surface area contributed by atoms with Crippen molar-refractivity contribution in [3.8, 4) is 5.75 Å². The number of phenolic OH excluding ortho intramolecular Hbond substituents is 1. The summed E-state index contributed by atoms with van der Waals surface area (Å²) in [4.78, 5) is 14.8. The normalized spacial score (nSPS) is 13.6. The van der Waals surface area contributed by atoms with Crippen LogP contribution in [0.4, 0.5) is 0 Å². The average Bonchev–Trinajstić information content (AvgIpc) is 2.97. The Morgan fingerprint density at radius 1 is 1.04 bits per heavy atom. The second-order valence-corrected chi connectivity index (χ2v) is 7.79. The highest BCUT2D eigenvalue weighted by Crippen LogP contribution is 2.30. The van der Waals surface area contributed by atoms with Gasteiger partial charge in [0.15, 0.2) is 0 Å². The molecule has 1 amide bonds. The lowest BCUT2D eigenvalue weighted by molar-refractivity contribution is 0.0748. The third kappa shape index (κ3) is 3.71. The summed E-state index contributed by atoms with van der Waals surface area (Å²) in [6.07, 6.45) is 1.05.